The van der Waals surface area contributed by atoms with Gasteiger partial charge in [0.05, 0.1) is 26.2 Å². The Morgan fingerprint density at radius 2 is 1.85 bits per heavy atom. The fourth-order valence-corrected chi connectivity index (χ4v) is 2.57. The Morgan fingerprint density at radius 1 is 1.15 bits per heavy atom. The number of methoxy groups -OCH3 is 1. The molecule has 0 bridgehead atoms. The molecular weight excluding hydrogens is 358 g/mol. The fourth-order valence-electron chi connectivity index (χ4n) is 2.45. The molecule has 0 unspecified atom stereocenters. The predicted molar refractivity (Wildman–Crippen MR) is 98.1 cm³/mol. The molecule has 0 aliphatic rings. The van der Waals surface area contributed by atoms with Crippen molar-refractivity contribution in [1.82, 2.24) is 5.32 Å². The van der Waals surface area contributed by atoms with Crippen molar-refractivity contribution in [2.24, 2.45) is 0 Å². The van der Waals surface area contributed by atoms with E-state index in [4.69, 9.17) is 21.1 Å². The van der Waals surface area contributed by atoms with Gasteiger partial charge in [-0.3, -0.25) is 9.59 Å². The van der Waals surface area contributed by atoms with Gasteiger partial charge in [0.1, 0.15) is 0 Å². The Morgan fingerprint density at radius 3 is 2.42 bits per heavy atom. The van der Waals surface area contributed by atoms with Crippen molar-refractivity contribution in [3.8, 4) is 11.5 Å². The molecule has 0 saturated carbocycles. The summed E-state index contributed by atoms with van der Waals surface area (Å²) in [4.78, 5) is 23.7. The molecule has 0 aliphatic carbocycles. The first-order chi connectivity index (χ1) is 12.4. The summed E-state index contributed by atoms with van der Waals surface area (Å²) in [5.74, 6) is -0.391. The number of carboxylic acids is 1. The van der Waals surface area contributed by atoms with Gasteiger partial charge in [0, 0.05) is 10.6 Å². The van der Waals surface area contributed by atoms with Crippen LogP contribution in [0.4, 0.5) is 0 Å². The van der Waals surface area contributed by atoms with Gasteiger partial charge in [0.15, 0.2) is 11.5 Å². The van der Waals surface area contributed by atoms with Crippen LogP contribution in [0.15, 0.2) is 42.5 Å². The standard InChI is InChI=1S/C19H20ClNO5/c1-3-26-16-9-6-13(10-17(16)25-2)15(11-18(22)23)21-19(24)12-4-7-14(20)8-5-12/h4-10,15H,3,11H2,1-2H3,(H,21,24)(H,22,23)/t15-/m1/s1. The van der Waals surface area contributed by atoms with Gasteiger partial charge in [-0.15, -0.1) is 0 Å². The van der Waals surface area contributed by atoms with E-state index >= 15 is 0 Å². The maximum absolute atomic E-state index is 12.4. The van der Waals surface area contributed by atoms with E-state index in [1.54, 1.807) is 42.5 Å². The highest BCUT2D eigenvalue weighted by molar-refractivity contribution is 6.30. The minimum absolute atomic E-state index is 0.267. The average molecular weight is 378 g/mol. The fraction of sp³-hybridized carbons (Fsp3) is 0.263. The van der Waals surface area contributed by atoms with Crippen molar-refractivity contribution in [2.45, 2.75) is 19.4 Å². The van der Waals surface area contributed by atoms with Crippen molar-refractivity contribution in [3.05, 3.63) is 58.6 Å². The number of benzene rings is 2. The Labute approximate surface area is 156 Å². The topological polar surface area (TPSA) is 84.9 Å². The molecule has 2 N–H and O–H groups in total. The average Bonchev–Trinajstić information content (AvgIpc) is 2.62. The second-order valence-corrected chi connectivity index (χ2v) is 5.91. The summed E-state index contributed by atoms with van der Waals surface area (Å²) in [6, 6.07) is 10.7. The highest BCUT2D eigenvalue weighted by Gasteiger charge is 2.20. The van der Waals surface area contributed by atoms with Crippen LogP contribution in [0.1, 0.15) is 35.3 Å². The molecule has 2 aromatic rings. The molecule has 0 heterocycles. The number of nitrogens with one attached hydrogen (secondary N) is 1. The molecular formula is C19H20ClNO5. The van der Waals surface area contributed by atoms with E-state index in [1.165, 1.54) is 7.11 Å². The largest absolute Gasteiger partial charge is 0.493 e. The molecule has 0 aliphatic heterocycles. The lowest BCUT2D eigenvalue weighted by molar-refractivity contribution is -0.137. The van der Waals surface area contributed by atoms with E-state index in [9.17, 15) is 14.7 Å². The summed E-state index contributed by atoms with van der Waals surface area (Å²) in [6.07, 6.45) is -0.267. The number of carboxylic acid groups (broad SMARTS) is 1. The van der Waals surface area contributed by atoms with E-state index in [1.807, 2.05) is 6.92 Å². The number of halogens is 1. The molecule has 1 atom stereocenters. The summed E-state index contributed by atoms with van der Waals surface area (Å²) in [6.45, 7) is 2.33. The molecule has 7 heteroatoms. The lowest BCUT2D eigenvalue weighted by Crippen LogP contribution is -2.30. The van der Waals surface area contributed by atoms with Gasteiger partial charge in [0.25, 0.3) is 5.91 Å². The number of aliphatic carboxylic acids is 1. The van der Waals surface area contributed by atoms with Gasteiger partial charge in [-0.25, -0.2) is 0 Å². The van der Waals surface area contributed by atoms with Crippen LogP contribution < -0.4 is 14.8 Å². The lowest BCUT2D eigenvalue weighted by atomic mass is 10.0. The second-order valence-electron chi connectivity index (χ2n) is 5.47. The molecule has 6 nitrogen and oxygen atoms in total. The van der Waals surface area contributed by atoms with Crippen LogP contribution in [-0.2, 0) is 4.79 Å². The van der Waals surface area contributed by atoms with Gasteiger partial charge in [-0.05, 0) is 48.9 Å². The van der Waals surface area contributed by atoms with Gasteiger partial charge in [0.2, 0.25) is 0 Å². The Balaban J connectivity index is 2.27. The molecule has 0 spiro atoms. The molecule has 138 valence electrons. The number of hydrogen-bond acceptors (Lipinski definition) is 4. The van der Waals surface area contributed by atoms with Crippen molar-refractivity contribution >= 4 is 23.5 Å². The number of ether oxygens (including phenoxy) is 2. The molecule has 0 radical (unpaired) electrons. The molecule has 26 heavy (non-hydrogen) atoms. The first-order valence-corrected chi connectivity index (χ1v) is 8.41. The summed E-state index contributed by atoms with van der Waals surface area (Å²) in [7, 11) is 1.50. The normalized spacial score (nSPS) is 11.5. The molecule has 2 aromatic carbocycles. The van der Waals surface area contributed by atoms with E-state index in [-0.39, 0.29) is 12.3 Å². The van der Waals surface area contributed by atoms with Crippen LogP contribution >= 0.6 is 11.6 Å². The third-order valence-electron chi connectivity index (χ3n) is 3.68. The van der Waals surface area contributed by atoms with Crippen molar-refractivity contribution in [1.29, 1.82) is 0 Å². The number of amides is 1. The number of carbonyl (C=O) groups excluding carboxylic acids is 1. The first-order valence-electron chi connectivity index (χ1n) is 8.03. The highest BCUT2D eigenvalue weighted by Crippen LogP contribution is 2.31. The monoisotopic (exact) mass is 377 g/mol. The molecule has 1 amide bonds. The predicted octanol–water partition coefficient (Wildman–Crippen LogP) is 3.69. The summed E-state index contributed by atoms with van der Waals surface area (Å²) in [5, 5.41) is 12.5. The van der Waals surface area contributed by atoms with Crippen molar-refractivity contribution in [3.63, 3.8) is 0 Å². The summed E-state index contributed by atoms with van der Waals surface area (Å²) < 4.78 is 10.8. The smallest absolute Gasteiger partial charge is 0.305 e. The van der Waals surface area contributed by atoms with Crippen LogP contribution in [0.5, 0.6) is 11.5 Å². The van der Waals surface area contributed by atoms with Gasteiger partial charge < -0.3 is 19.9 Å². The van der Waals surface area contributed by atoms with Crippen molar-refractivity contribution in [2.75, 3.05) is 13.7 Å². The summed E-state index contributed by atoms with van der Waals surface area (Å²) >= 11 is 5.83. The second kappa shape index (κ2) is 9.10. The van der Waals surface area contributed by atoms with Crippen LogP contribution in [-0.4, -0.2) is 30.7 Å². The van der Waals surface area contributed by atoms with Crippen LogP contribution in [0, 0.1) is 0 Å². The van der Waals surface area contributed by atoms with E-state index in [0.29, 0.717) is 34.3 Å². The quantitative estimate of drug-likeness (QED) is 0.732. The van der Waals surface area contributed by atoms with Crippen LogP contribution in [0.2, 0.25) is 5.02 Å². The third kappa shape index (κ3) is 5.13. The Kier molecular flexibility index (Phi) is 6.86. The molecule has 2 rings (SSSR count). The zero-order valence-corrected chi connectivity index (χ0v) is 15.2. The Hall–Kier alpha value is -2.73. The third-order valence-corrected chi connectivity index (χ3v) is 3.93. The highest BCUT2D eigenvalue weighted by atomic mass is 35.5. The zero-order chi connectivity index (χ0) is 19.1. The Bertz CT molecular complexity index is 776. The molecule has 0 aromatic heterocycles. The van der Waals surface area contributed by atoms with Crippen molar-refractivity contribution < 1.29 is 24.2 Å². The molecule has 0 saturated heterocycles. The van der Waals surface area contributed by atoms with Gasteiger partial charge in [-0.2, -0.15) is 0 Å². The lowest BCUT2D eigenvalue weighted by Gasteiger charge is -2.19. The number of hydrogen-bond donors (Lipinski definition) is 2. The van der Waals surface area contributed by atoms with E-state index in [2.05, 4.69) is 5.32 Å². The number of carbonyl (C=O) groups is 2. The summed E-state index contributed by atoms with van der Waals surface area (Å²) in [5.41, 5.74) is 0.998. The minimum Gasteiger partial charge on any atom is -0.493 e. The maximum Gasteiger partial charge on any atom is 0.305 e. The number of rotatable bonds is 8. The minimum atomic E-state index is -1.03. The SMILES string of the molecule is CCOc1ccc([C@@H](CC(=O)O)NC(=O)c2ccc(Cl)cc2)cc1OC. The van der Waals surface area contributed by atoms with Crippen LogP contribution in [0.25, 0.3) is 0 Å². The van der Waals surface area contributed by atoms with Crippen LogP contribution in [0.3, 0.4) is 0 Å². The zero-order valence-electron chi connectivity index (χ0n) is 14.5. The van der Waals surface area contributed by atoms with Gasteiger partial charge in [-0.1, -0.05) is 17.7 Å². The first kappa shape index (κ1) is 19.6. The van der Waals surface area contributed by atoms with E-state index in [0.717, 1.165) is 0 Å². The van der Waals surface area contributed by atoms with Gasteiger partial charge >= 0.3 is 5.97 Å². The molecule has 0 fully saturated rings. The maximum atomic E-state index is 12.4. The van der Waals surface area contributed by atoms with E-state index < -0.39 is 12.0 Å².